The average Bonchev–Trinajstić information content (AvgIpc) is 3.28. The number of nitrogens with zero attached hydrogens (tertiary/aromatic N) is 2. The van der Waals surface area contributed by atoms with E-state index in [9.17, 15) is 9.59 Å². The van der Waals surface area contributed by atoms with Crippen LogP contribution in [-0.2, 0) is 24.3 Å². The maximum atomic E-state index is 12.7. The van der Waals surface area contributed by atoms with Crippen LogP contribution in [0, 0.1) is 0 Å². The van der Waals surface area contributed by atoms with Crippen LogP contribution in [0.15, 0.2) is 77.6 Å². The van der Waals surface area contributed by atoms with Crippen molar-refractivity contribution in [2.75, 3.05) is 0 Å². The zero-order chi connectivity index (χ0) is 21.2. The highest BCUT2D eigenvalue weighted by Crippen LogP contribution is 2.26. The van der Waals surface area contributed by atoms with Crippen LogP contribution in [0.3, 0.4) is 0 Å². The Morgan fingerprint density at radius 3 is 2.68 bits per heavy atom. The van der Waals surface area contributed by atoms with Gasteiger partial charge in [0.2, 0.25) is 0 Å². The van der Waals surface area contributed by atoms with Crippen LogP contribution in [-0.4, -0.2) is 15.5 Å². The van der Waals surface area contributed by atoms with Gasteiger partial charge in [0.25, 0.3) is 5.56 Å². The number of benzene rings is 3. The number of ether oxygens (including phenoxy) is 2. The summed E-state index contributed by atoms with van der Waals surface area (Å²) in [6.07, 6.45) is 1.69. The van der Waals surface area contributed by atoms with E-state index in [2.05, 4.69) is 4.98 Å². The fourth-order valence-electron chi connectivity index (χ4n) is 3.78. The minimum Gasteiger partial charge on any atom is -0.457 e. The Morgan fingerprint density at radius 2 is 1.81 bits per heavy atom. The predicted octanol–water partition coefficient (Wildman–Crippen LogP) is 4.49. The summed E-state index contributed by atoms with van der Waals surface area (Å²) in [5.41, 5.74) is 1.60. The predicted molar refractivity (Wildman–Crippen MR) is 116 cm³/mol. The Bertz CT molecular complexity index is 1330. The SMILES string of the molecule is O=C(OCc1ccccc1Oc1ccccc1)c1ccc2c(=O)n3c(nc2c1)CCC3. The van der Waals surface area contributed by atoms with Gasteiger partial charge in [-0.2, -0.15) is 0 Å². The summed E-state index contributed by atoms with van der Waals surface area (Å²) in [6.45, 7) is 0.769. The van der Waals surface area contributed by atoms with E-state index in [1.165, 1.54) is 0 Å². The monoisotopic (exact) mass is 412 g/mol. The summed E-state index contributed by atoms with van der Waals surface area (Å²) in [7, 11) is 0. The highest BCUT2D eigenvalue weighted by molar-refractivity contribution is 5.94. The number of aryl methyl sites for hydroxylation is 1. The molecular formula is C25H20N2O4. The zero-order valence-electron chi connectivity index (χ0n) is 16.8. The standard InChI is InChI=1S/C25H20N2O4/c28-24-20-13-12-17(15-21(20)26-23-11-6-14-27(23)24)25(29)30-16-18-7-4-5-10-22(18)31-19-8-2-1-3-9-19/h1-5,7-10,12-13,15H,6,11,14,16H2. The van der Waals surface area contributed by atoms with Gasteiger partial charge in [-0.05, 0) is 42.8 Å². The summed E-state index contributed by atoms with van der Waals surface area (Å²) >= 11 is 0. The molecule has 1 aromatic heterocycles. The molecular weight excluding hydrogens is 392 g/mol. The van der Waals surface area contributed by atoms with Crippen molar-refractivity contribution >= 4 is 16.9 Å². The van der Waals surface area contributed by atoms with E-state index < -0.39 is 5.97 Å². The van der Waals surface area contributed by atoms with Gasteiger partial charge in [-0.1, -0.05) is 36.4 Å². The first-order chi connectivity index (χ1) is 15.2. The van der Waals surface area contributed by atoms with Gasteiger partial charge >= 0.3 is 5.97 Å². The van der Waals surface area contributed by atoms with E-state index in [-0.39, 0.29) is 12.2 Å². The van der Waals surface area contributed by atoms with Crippen molar-refractivity contribution in [2.24, 2.45) is 0 Å². The lowest BCUT2D eigenvalue weighted by Crippen LogP contribution is -2.21. The first-order valence-electron chi connectivity index (χ1n) is 10.2. The van der Waals surface area contributed by atoms with Gasteiger partial charge in [0.05, 0.1) is 16.5 Å². The molecule has 0 fully saturated rings. The van der Waals surface area contributed by atoms with Crippen molar-refractivity contribution in [3.63, 3.8) is 0 Å². The van der Waals surface area contributed by atoms with Crippen molar-refractivity contribution in [1.29, 1.82) is 0 Å². The Balaban J connectivity index is 1.35. The van der Waals surface area contributed by atoms with Crippen LogP contribution in [0.5, 0.6) is 11.5 Å². The number of hydrogen-bond donors (Lipinski definition) is 0. The zero-order valence-corrected chi connectivity index (χ0v) is 16.8. The number of hydrogen-bond acceptors (Lipinski definition) is 5. The topological polar surface area (TPSA) is 70.4 Å². The first kappa shape index (κ1) is 19.1. The lowest BCUT2D eigenvalue weighted by Gasteiger charge is -2.12. The third-order valence-electron chi connectivity index (χ3n) is 5.35. The second kappa shape index (κ2) is 8.07. The number of carbonyl (C=O) groups is 1. The van der Waals surface area contributed by atoms with Gasteiger partial charge in [0, 0.05) is 18.5 Å². The number of rotatable bonds is 5. The summed E-state index contributed by atoms with van der Waals surface area (Å²) < 4.78 is 13.2. The largest absolute Gasteiger partial charge is 0.457 e. The van der Waals surface area contributed by atoms with Crippen LogP contribution < -0.4 is 10.3 Å². The molecule has 5 rings (SSSR count). The Morgan fingerprint density at radius 1 is 1.00 bits per heavy atom. The molecule has 0 bridgehead atoms. The molecule has 0 saturated heterocycles. The maximum absolute atomic E-state index is 12.7. The summed E-state index contributed by atoms with van der Waals surface area (Å²) in [4.78, 5) is 29.8. The molecule has 0 aliphatic carbocycles. The van der Waals surface area contributed by atoms with Gasteiger partial charge in [0.15, 0.2) is 0 Å². The summed E-state index contributed by atoms with van der Waals surface area (Å²) in [6, 6.07) is 21.8. The maximum Gasteiger partial charge on any atom is 0.338 e. The molecule has 31 heavy (non-hydrogen) atoms. The van der Waals surface area contributed by atoms with Gasteiger partial charge < -0.3 is 9.47 Å². The van der Waals surface area contributed by atoms with Crippen molar-refractivity contribution < 1.29 is 14.3 Å². The van der Waals surface area contributed by atoms with Crippen LogP contribution in [0.4, 0.5) is 0 Å². The van der Waals surface area contributed by atoms with Crippen molar-refractivity contribution in [3.8, 4) is 11.5 Å². The highest BCUT2D eigenvalue weighted by atomic mass is 16.5. The van der Waals surface area contributed by atoms with Gasteiger partial charge in [-0.3, -0.25) is 9.36 Å². The molecule has 0 radical (unpaired) electrons. The Labute approximate surface area is 178 Å². The van der Waals surface area contributed by atoms with Crippen molar-refractivity contribution in [2.45, 2.75) is 26.0 Å². The molecule has 0 unspecified atom stereocenters. The van der Waals surface area contributed by atoms with Crippen LogP contribution in [0.1, 0.15) is 28.2 Å². The molecule has 154 valence electrons. The molecule has 3 aromatic carbocycles. The van der Waals surface area contributed by atoms with E-state index in [1.54, 1.807) is 22.8 Å². The quantitative estimate of drug-likeness (QED) is 0.452. The third-order valence-corrected chi connectivity index (χ3v) is 5.35. The number of para-hydroxylation sites is 2. The lowest BCUT2D eigenvalue weighted by atomic mass is 10.1. The van der Waals surface area contributed by atoms with Crippen LogP contribution in [0.25, 0.3) is 10.9 Å². The van der Waals surface area contributed by atoms with Gasteiger partial charge in [-0.15, -0.1) is 0 Å². The van der Waals surface area contributed by atoms with Crippen molar-refractivity contribution in [1.82, 2.24) is 9.55 Å². The van der Waals surface area contributed by atoms with E-state index in [1.807, 2.05) is 54.6 Å². The summed E-state index contributed by atoms with van der Waals surface area (Å²) in [5.74, 6) is 1.64. The van der Waals surface area contributed by atoms with E-state index in [4.69, 9.17) is 9.47 Å². The molecule has 6 nitrogen and oxygen atoms in total. The molecule has 0 spiro atoms. The van der Waals surface area contributed by atoms with E-state index in [0.717, 1.165) is 24.2 Å². The number of fused-ring (bicyclic) bond motifs is 2. The van der Waals surface area contributed by atoms with E-state index in [0.29, 0.717) is 34.5 Å². The van der Waals surface area contributed by atoms with Crippen LogP contribution in [0.2, 0.25) is 0 Å². The van der Waals surface area contributed by atoms with Gasteiger partial charge in [0.1, 0.15) is 23.9 Å². The van der Waals surface area contributed by atoms with Crippen molar-refractivity contribution in [3.05, 3.63) is 100 Å². The molecule has 6 heteroatoms. The Hall–Kier alpha value is -3.93. The normalized spacial score (nSPS) is 12.5. The molecule has 0 saturated carbocycles. The first-order valence-corrected chi connectivity index (χ1v) is 10.2. The van der Waals surface area contributed by atoms with Gasteiger partial charge in [-0.25, -0.2) is 9.78 Å². The fourth-order valence-corrected chi connectivity index (χ4v) is 3.78. The molecule has 0 N–H and O–H groups in total. The lowest BCUT2D eigenvalue weighted by molar-refractivity contribution is 0.0471. The average molecular weight is 412 g/mol. The Kier molecular flexibility index (Phi) is 4.96. The van der Waals surface area contributed by atoms with Crippen LogP contribution >= 0.6 is 0 Å². The second-order valence-electron chi connectivity index (χ2n) is 7.42. The molecule has 4 aromatic rings. The molecule has 1 aliphatic heterocycles. The summed E-state index contributed by atoms with van der Waals surface area (Å²) in [5, 5.41) is 0.517. The minimum atomic E-state index is -0.473. The second-order valence-corrected chi connectivity index (χ2v) is 7.42. The fraction of sp³-hybridized carbons (Fsp3) is 0.160. The number of aromatic nitrogens is 2. The number of carbonyl (C=O) groups excluding carboxylic acids is 1. The molecule has 2 heterocycles. The smallest absolute Gasteiger partial charge is 0.338 e. The molecule has 1 aliphatic rings. The minimum absolute atomic E-state index is 0.0515. The number of esters is 1. The van der Waals surface area contributed by atoms with E-state index >= 15 is 0 Å². The molecule has 0 atom stereocenters. The molecule has 0 amide bonds. The highest BCUT2D eigenvalue weighted by Gasteiger charge is 2.18. The third kappa shape index (κ3) is 3.80.